The van der Waals surface area contributed by atoms with Gasteiger partial charge in [0.25, 0.3) is 0 Å². The Morgan fingerprint density at radius 2 is 1.37 bits per heavy atom. The van der Waals surface area contributed by atoms with Gasteiger partial charge in [0, 0.05) is 12.8 Å². The standard InChI is InChI=1S/C37H50N2O15/c1-17(50-34-27(38-18(2)42)32(29(44)25(15-41)51-34)53-35-31(46)30(45)28(43)24(14-40)52-35)26(33(47)54-37(3,4)5)39-36(48)49-16-23-21-12-8-6-10-19(21)20-11-7-9-13-22(20)23/h6-13,17,23-32,34-35,40-41,43-46H,14-16H2,1-5H3,(H,38,42)(H,39,48)/t17-,24-,25-,26+,27-,28+,29+,30+,31-,32-,34+,35+/m1/s1. The maximum absolute atomic E-state index is 13.6. The van der Waals surface area contributed by atoms with Crippen LogP contribution in [0.15, 0.2) is 48.5 Å². The maximum atomic E-state index is 13.6. The number of ether oxygens (including phenoxy) is 6. The summed E-state index contributed by atoms with van der Waals surface area (Å²) in [7, 11) is 0. The molecule has 2 heterocycles. The van der Waals surface area contributed by atoms with Crippen LogP contribution in [-0.4, -0.2) is 148 Å². The first-order valence-corrected chi connectivity index (χ1v) is 17.7. The fourth-order valence-electron chi connectivity index (χ4n) is 6.86. The number of aliphatic hydroxyl groups is 6. The number of rotatable bonds is 12. The molecule has 54 heavy (non-hydrogen) atoms. The van der Waals surface area contributed by atoms with Gasteiger partial charge in [-0.15, -0.1) is 0 Å². The minimum absolute atomic E-state index is 0.0560. The van der Waals surface area contributed by atoms with E-state index in [9.17, 15) is 45.0 Å². The monoisotopic (exact) mass is 762 g/mol. The summed E-state index contributed by atoms with van der Waals surface area (Å²) in [5, 5.41) is 67.2. The van der Waals surface area contributed by atoms with E-state index in [1.807, 2.05) is 48.5 Å². The van der Waals surface area contributed by atoms with Crippen LogP contribution >= 0.6 is 0 Å². The van der Waals surface area contributed by atoms with Crippen LogP contribution in [0.5, 0.6) is 0 Å². The van der Waals surface area contributed by atoms with Crippen LogP contribution < -0.4 is 10.6 Å². The fraction of sp³-hybridized carbons (Fsp3) is 0.595. The number of aliphatic hydroxyl groups excluding tert-OH is 6. The summed E-state index contributed by atoms with van der Waals surface area (Å²) in [6, 6.07) is 12.6. The Bertz CT molecular complexity index is 1570. The second-order valence-corrected chi connectivity index (χ2v) is 14.6. The average molecular weight is 763 g/mol. The Morgan fingerprint density at radius 1 is 0.815 bits per heavy atom. The van der Waals surface area contributed by atoms with Crippen LogP contribution in [-0.2, 0) is 38.0 Å². The summed E-state index contributed by atoms with van der Waals surface area (Å²) in [6.45, 7) is 5.85. The van der Waals surface area contributed by atoms with Crippen molar-refractivity contribution in [3.05, 3.63) is 59.7 Å². The predicted octanol–water partition coefficient (Wildman–Crippen LogP) is -0.592. The zero-order valence-corrected chi connectivity index (χ0v) is 30.6. The molecule has 0 bridgehead atoms. The molecule has 0 aromatic heterocycles. The molecule has 5 rings (SSSR count). The van der Waals surface area contributed by atoms with Crippen molar-refractivity contribution in [1.29, 1.82) is 0 Å². The van der Waals surface area contributed by atoms with E-state index in [-0.39, 0.29) is 12.5 Å². The van der Waals surface area contributed by atoms with Gasteiger partial charge in [0.2, 0.25) is 5.91 Å². The lowest BCUT2D eigenvalue weighted by Crippen LogP contribution is -2.68. The average Bonchev–Trinajstić information content (AvgIpc) is 3.44. The van der Waals surface area contributed by atoms with E-state index in [0.29, 0.717) is 0 Å². The quantitative estimate of drug-likeness (QED) is 0.126. The number of amides is 2. The largest absolute Gasteiger partial charge is 0.458 e. The number of carbonyl (C=O) groups is 3. The van der Waals surface area contributed by atoms with Gasteiger partial charge in [-0.05, 0) is 49.9 Å². The first kappa shape index (κ1) is 41.4. The van der Waals surface area contributed by atoms with Crippen molar-refractivity contribution in [3.8, 4) is 11.1 Å². The summed E-state index contributed by atoms with van der Waals surface area (Å²) in [5.41, 5.74) is 3.01. The first-order valence-electron chi connectivity index (χ1n) is 17.7. The van der Waals surface area contributed by atoms with Crippen LogP contribution in [0.25, 0.3) is 11.1 Å². The molecular formula is C37H50N2O15. The second kappa shape index (κ2) is 17.4. The number of nitrogens with one attached hydrogen (secondary N) is 2. The zero-order valence-electron chi connectivity index (χ0n) is 30.6. The molecule has 2 aromatic rings. The highest BCUT2D eigenvalue weighted by atomic mass is 16.7. The van der Waals surface area contributed by atoms with Crippen molar-refractivity contribution in [3.63, 3.8) is 0 Å². The maximum Gasteiger partial charge on any atom is 0.407 e. The third-order valence-corrected chi connectivity index (χ3v) is 9.46. The molecule has 17 heteroatoms. The van der Waals surface area contributed by atoms with E-state index >= 15 is 0 Å². The summed E-state index contributed by atoms with van der Waals surface area (Å²) in [6.07, 6.45) is -17.0. The molecule has 17 nitrogen and oxygen atoms in total. The van der Waals surface area contributed by atoms with Crippen molar-refractivity contribution in [2.45, 2.75) is 120 Å². The molecule has 1 aliphatic carbocycles. The van der Waals surface area contributed by atoms with Crippen molar-refractivity contribution < 1.29 is 73.4 Å². The number of esters is 1. The fourth-order valence-corrected chi connectivity index (χ4v) is 6.86. The second-order valence-electron chi connectivity index (χ2n) is 14.6. The third-order valence-electron chi connectivity index (χ3n) is 9.46. The van der Waals surface area contributed by atoms with Gasteiger partial charge in [-0.25, -0.2) is 9.59 Å². The van der Waals surface area contributed by atoms with E-state index in [1.54, 1.807) is 20.8 Å². The van der Waals surface area contributed by atoms with Crippen molar-refractivity contribution in [2.75, 3.05) is 19.8 Å². The van der Waals surface area contributed by atoms with E-state index in [0.717, 1.165) is 29.2 Å². The molecule has 0 spiro atoms. The molecule has 2 aliphatic heterocycles. The van der Waals surface area contributed by atoms with Gasteiger partial charge in [-0.2, -0.15) is 0 Å². The Balaban J connectivity index is 1.36. The molecule has 2 fully saturated rings. The Hall–Kier alpha value is -3.75. The molecule has 8 N–H and O–H groups in total. The molecule has 2 saturated heterocycles. The lowest BCUT2D eigenvalue weighted by Gasteiger charge is -2.48. The van der Waals surface area contributed by atoms with Gasteiger partial charge in [-0.1, -0.05) is 48.5 Å². The molecular weight excluding hydrogens is 712 g/mol. The smallest absolute Gasteiger partial charge is 0.407 e. The van der Waals surface area contributed by atoms with Crippen LogP contribution in [0.4, 0.5) is 4.79 Å². The number of alkyl carbamates (subject to hydrolysis) is 1. The number of hydrogen-bond donors (Lipinski definition) is 8. The van der Waals surface area contributed by atoms with Gasteiger partial charge in [0.15, 0.2) is 18.6 Å². The van der Waals surface area contributed by atoms with Gasteiger partial charge < -0.3 is 69.7 Å². The van der Waals surface area contributed by atoms with Crippen LogP contribution in [0.3, 0.4) is 0 Å². The van der Waals surface area contributed by atoms with Crippen LogP contribution in [0, 0.1) is 0 Å². The van der Waals surface area contributed by atoms with E-state index in [2.05, 4.69) is 10.6 Å². The molecule has 3 aliphatic rings. The SMILES string of the molecule is CC(=O)N[C@H]1[C@@H](O[C@H](C)[C@H](NC(=O)OCC2c3ccccc3-c3ccccc32)C(=O)OC(C)(C)C)O[C@H](CO)[C@H](O)[C@@H]1O[C@@H]1O[C@H](CO)[C@H](O)[C@H](O)[C@H]1O. The van der Waals surface area contributed by atoms with Crippen LogP contribution in [0.1, 0.15) is 51.7 Å². The highest BCUT2D eigenvalue weighted by molar-refractivity contribution is 5.83. The van der Waals surface area contributed by atoms with Crippen molar-refractivity contribution in [2.24, 2.45) is 0 Å². The summed E-state index contributed by atoms with van der Waals surface area (Å²) in [5.74, 6) is -1.82. The Morgan fingerprint density at radius 3 is 1.93 bits per heavy atom. The van der Waals surface area contributed by atoms with Gasteiger partial charge in [-0.3, -0.25) is 4.79 Å². The van der Waals surface area contributed by atoms with Gasteiger partial charge in [0.05, 0.1) is 19.3 Å². The molecule has 2 aromatic carbocycles. The highest BCUT2D eigenvalue weighted by Crippen LogP contribution is 2.44. The normalized spacial score (nSPS) is 30.7. The van der Waals surface area contributed by atoms with Crippen LogP contribution in [0.2, 0.25) is 0 Å². The van der Waals surface area contributed by atoms with E-state index in [1.165, 1.54) is 6.92 Å². The predicted molar refractivity (Wildman–Crippen MR) is 186 cm³/mol. The minimum Gasteiger partial charge on any atom is -0.458 e. The molecule has 12 atom stereocenters. The minimum atomic E-state index is -1.88. The lowest BCUT2D eigenvalue weighted by atomic mass is 9.95. The third kappa shape index (κ3) is 9.19. The zero-order chi connectivity index (χ0) is 39.5. The van der Waals surface area contributed by atoms with E-state index < -0.39 is 110 Å². The molecule has 0 unspecified atom stereocenters. The molecule has 2 amide bonds. The summed E-state index contributed by atoms with van der Waals surface area (Å²) in [4.78, 5) is 39.4. The summed E-state index contributed by atoms with van der Waals surface area (Å²) >= 11 is 0. The van der Waals surface area contributed by atoms with Crippen molar-refractivity contribution in [1.82, 2.24) is 10.6 Å². The molecule has 0 saturated carbocycles. The number of fused-ring (bicyclic) bond motifs is 3. The Labute approximate surface area is 312 Å². The number of carbonyl (C=O) groups excluding carboxylic acids is 3. The number of benzene rings is 2. The van der Waals surface area contributed by atoms with Crippen molar-refractivity contribution >= 4 is 18.0 Å². The van der Waals surface area contributed by atoms with Gasteiger partial charge in [0.1, 0.15) is 61.0 Å². The molecule has 0 radical (unpaired) electrons. The first-order chi connectivity index (χ1) is 25.5. The van der Waals surface area contributed by atoms with Gasteiger partial charge >= 0.3 is 12.1 Å². The van der Waals surface area contributed by atoms with E-state index in [4.69, 9.17) is 28.4 Å². The summed E-state index contributed by atoms with van der Waals surface area (Å²) < 4.78 is 34.6. The molecule has 298 valence electrons. The lowest BCUT2D eigenvalue weighted by molar-refractivity contribution is -0.347. The number of hydrogen-bond acceptors (Lipinski definition) is 15. The topological polar surface area (TPSA) is 252 Å². The Kier molecular flexibility index (Phi) is 13.3. The highest BCUT2D eigenvalue weighted by Gasteiger charge is 2.52.